The Balaban J connectivity index is 2.60. The highest BCUT2D eigenvalue weighted by Crippen LogP contribution is 2.32. The quantitative estimate of drug-likeness (QED) is 0.263. The lowest BCUT2D eigenvalue weighted by atomic mass is 9.91. The number of methoxy groups -OCH3 is 3. The number of unbranched alkanes of at least 4 members (excludes halogenated alkanes) is 5. The minimum atomic E-state index is -1.06. The Bertz CT molecular complexity index is 510. The van der Waals surface area contributed by atoms with Gasteiger partial charge in [-0.1, -0.05) is 51.5 Å². The SMILES string of the molecule is CCCCCCCCC(CCCc1ccc(F)c(F)c1)C(OC)(OC)OC. The maximum absolute atomic E-state index is 13.4. The number of halogens is 2. The van der Waals surface area contributed by atoms with E-state index in [0.717, 1.165) is 31.2 Å². The summed E-state index contributed by atoms with van der Waals surface area (Å²) in [6.45, 7) is 2.22. The fraction of sp³-hybridized carbons (Fsp3) is 0.727. The van der Waals surface area contributed by atoms with Gasteiger partial charge < -0.3 is 14.2 Å². The van der Waals surface area contributed by atoms with E-state index in [1.807, 2.05) is 0 Å². The van der Waals surface area contributed by atoms with Crippen molar-refractivity contribution in [2.75, 3.05) is 21.3 Å². The van der Waals surface area contributed by atoms with Crippen LogP contribution in [0, 0.1) is 17.6 Å². The molecule has 0 fully saturated rings. The summed E-state index contributed by atoms with van der Waals surface area (Å²) < 4.78 is 43.2. The number of aryl methyl sites for hydroxylation is 1. The molecule has 0 amide bonds. The summed E-state index contributed by atoms with van der Waals surface area (Å²) in [5.41, 5.74) is 0.796. The molecule has 27 heavy (non-hydrogen) atoms. The van der Waals surface area contributed by atoms with Crippen LogP contribution in [0.2, 0.25) is 0 Å². The molecule has 1 atom stereocenters. The molecule has 0 radical (unpaired) electrons. The first-order valence-corrected chi connectivity index (χ1v) is 10.1. The summed E-state index contributed by atoms with van der Waals surface area (Å²) in [6.07, 6.45) is 10.6. The first-order chi connectivity index (χ1) is 13.0. The molecule has 1 aromatic rings. The van der Waals surface area contributed by atoms with Crippen LogP contribution in [0.3, 0.4) is 0 Å². The summed E-state index contributed by atoms with van der Waals surface area (Å²) in [6, 6.07) is 4.09. The molecule has 3 nitrogen and oxygen atoms in total. The van der Waals surface area contributed by atoms with E-state index >= 15 is 0 Å². The molecule has 0 saturated carbocycles. The molecule has 0 saturated heterocycles. The average molecular weight is 387 g/mol. The van der Waals surface area contributed by atoms with Crippen LogP contribution in [0.5, 0.6) is 0 Å². The molecule has 0 aromatic heterocycles. The maximum Gasteiger partial charge on any atom is 0.285 e. The minimum Gasteiger partial charge on any atom is -0.331 e. The van der Waals surface area contributed by atoms with Crippen molar-refractivity contribution in [2.24, 2.45) is 5.92 Å². The lowest BCUT2D eigenvalue weighted by Gasteiger charge is -2.36. The number of rotatable bonds is 15. The molecule has 0 heterocycles. The third-order valence-electron chi connectivity index (χ3n) is 5.26. The van der Waals surface area contributed by atoms with Crippen LogP contribution in [0.4, 0.5) is 8.78 Å². The number of ether oxygens (including phenoxy) is 3. The summed E-state index contributed by atoms with van der Waals surface area (Å²) in [5, 5.41) is 0. The average Bonchev–Trinajstić information content (AvgIpc) is 2.68. The fourth-order valence-corrected chi connectivity index (χ4v) is 3.67. The van der Waals surface area contributed by atoms with Crippen LogP contribution in [-0.2, 0) is 20.6 Å². The Hall–Kier alpha value is -1.04. The van der Waals surface area contributed by atoms with Crippen LogP contribution in [0.25, 0.3) is 0 Å². The van der Waals surface area contributed by atoms with Crippen molar-refractivity contribution in [2.45, 2.75) is 77.1 Å². The van der Waals surface area contributed by atoms with Crippen LogP contribution < -0.4 is 0 Å². The van der Waals surface area contributed by atoms with Gasteiger partial charge in [0.05, 0.1) is 0 Å². The molecule has 0 aliphatic rings. The molecule has 1 unspecified atom stereocenters. The summed E-state index contributed by atoms with van der Waals surface area (Å²) in [4.78, 5) is 0. The van der Waals surface area contributed by atoms with Crippen molar-refractivity contribution < 1.29 is 23.0 Å². The zero-order chi connectivity index (χ0) is 20.1. The highest BCUT2D eigenvalue weighted by Gasteiger charge is 2.39. The monoisotopic (exact) mass is 386 g/mol. The number of benzene rings is 1. The normalized spacial score (nSPS) is 13.1. The summed E-state index contributed by atoms with van der Waals surface area (Å²) in [7, 11) is 4.78. The van der Waals surface area contributed by atoms with Crippen LogP contribution >= 0.6 is 0 Å². The number of hydrogen-bond donors (Lipinski definition) is 0. The van der Waals surface area contributed by atoms with Gasteiger partial charge in [-0.2, -0.15) is 0 Å². The Kier molecular flexibility index (Phi) is 11.7. The third-order valence-corrected chi connectivity index (χ3v) is 5.26. The fourth-order valence-electron chi connectivity index (χ4n) is 3.67. The van der Waals surface area contributed by atoms with E-state index < -0.39 is 17.6 Å². The van der Waals surface area contributed by atoms with E-state index in [1.165, 1.54) is 44.2 Å². The molecule has 0 N–H and O–H groups in total. The van der Waals surface area contributed by atoms with Gasteiger partial charge in [-0.3, -0.25) is 0 Å². The third kappa shape index (κ3) is 7.84. The van der Waals surface area contributed by atoms with Gasteiger partial charge in [0.1, 0.15) is 0 Å². The topological polar surface area (TPSA) is 27.7 Å². The molecule has 0 bridgehead atoms. The molecular formula is C22H36F2O3. The highest BCUT2D eigenvalue weighted by atomic mass is 19.2. The van der Waals surface area contributed by atoms with Crippen molar-refractivity contribution in [3.63, 3.8) is 0 Å². The summed E-state index contributed by atoms with van der Waals surface area (Å²) >= 11 is 0. The molecule has 156 valence electrons. The van der Waals surface area contributed by atoms with Gasteiger partial charge in [0, 0.05) is 27.2 Å². The van der Waals surface area contributed by atoms with E-state index in [2.05, 4.69) is 6.92 Å². The van der Waals surface area contributed by atoms with E-state index in [9.17, 15) is 8.78 Å². The van der Waals surface area contributed by atoms with Gasteiger partial charge in [-0.05, 0) is 43.4 Å². The maximum atomic E-state index is 13.4. The largest absolute Gasteiger partial charge is 0.331 e. The van der Waals surface area contributed by atoms with E-state index in [0.29, 0.717) is 6.42 Å². The number of hydrogen-bond acceptors (Lipinski definition) is 3. The van der Waals surface area contributed by atoms with Gasteiger partial charge in [-0.15, -0.1) is 0 Å². The van der Waals surface area contributed by atoms with Gasteiger partial charge in [0.2, 0.25) is 0 Å². The second-order valence-corrected chi connectivity index (χ2v) is 7.11. The smallest absolute Gasteiger partial charge is 0.285 e. The van der Waals surface area contributed by atoms with E-state index in [4.69, 9.17) is 14.2 Å². The highest BCUT2D eigenvalue weighted by molar-refractivity contribution is 5.17. The van der Waals surface area contributed by atoms with Gasteiger partial charge in [0.15, 0.2) is 11.6 Å². The Labute approximate surface area is 163 Å². The van der Waals surface area contributed by atoms with Crippen LogP contribution in [0.15, 0.2) is 18.2 Å². The van der Waals surface area contributed by atoms with Gasteiger partial charge in [-0.25, -0.2) is 8.78 Å². The molecule has 0 spiro atoms. The van der Waals surface area contributed by atoms with Crippen molar-refractivity contribution in [3.8, 4) is 0 Å². The predicted molar refractivity (Wildman–Crippen MR) is 105 cm³/mol. The van der Waals surface area contributed by atoms with Crippen molar-refractivity contribution in [1.82, 2.24) is 0 Å². The molecule has 1 rings (SSSR count). The second kappa shape index (κ2) is 13.2. The molecular weight excluding hydrogens is 350 g/mol. The van der Waals surface area contributed by atoms with Crippen LogP contribution in [-0.4, -0.2) is 27.3 Å². The Morgan fingerprint density at radius 1 is 0.815 bits per heavy atom. The van der Waals surface area contributed by atoms with Crippen LogP contribution in [0.1, 0.15) is 70.3 Å². The molecule has 0 aliphatic heterocycles. The first kappa shape index (κ1) is 24.0. The first-order valence-electron chi connectivity index (χ1n) is 10.1. The van der Waals surface area contributed by atoms with Gasteiger partial charge >= 0.3 is 0 Å². The molecule has 0 aliphatic carbocycles. The van der Waals surface area contributed by atoms with E-state index in [-0.39, 0.29) is 5.92 Å². The lowest BCUT2D eigenvalue weighted by Crippen LogP contribution is -2.44. The zero-order valence-corrected chi connectivity index (χ0v) is 17.4. The van der Waals surface area contributed by atoms with Crippen molar-refractivity contribution in [1.29, 1.82) is 0 Å². The lowest BCUT2D eigenvalue weighted by molar-refractivity contribution is -0.380. The van der Waals surface area contributed by atoms with Gasteiger partial charge in [0.25, 0.3) is 5.97 Å². The Morgan fingerprint density at radius 3 is 2.00 bits per heavy atom. The van der Waals surface area contributed by atoms with Crippen molar-refractivity contribution >= 4 is 0 Å². The summed E-state index contributed by atoms with van der Waals surface area (Å²) in [5.74, 6) is -2.58. The van der Waals surface area contributed by atoms with E-state index in [1.54, 1.807) is 27.4 Å². The predicted octanol–water partition coefficient (Wildman–Crippen LogP) is 6.25. The molecule has 1 aromatic carbocycles. The Morgan fingerprint density at radius 2 is 1.41 bits per heavy atom. The second-order valence-electron chi connectivity index (χ2n) is 7.11. The molecule has 5 heteroatoms. The zero-order valence-electron chi connectivity index (χ0n) is 17.4. The standard InChI is InChI=1S/C22H36F2O3/c1-5-6-7-8-9-10-13-19(22(25-2,26-3)27-4)14-11-12-18-15-16-20(23)21(24)17-18/h15-17,19H,5-14H2,1-4H3. The minimum absolute atomic E-state index is 0.0778. The van der Waals surface area contributed by atoms with Crippen molar-refractivity contribution in [3.05, 3.63) is 35.4 Å².